The lowest BCUT2D eigenvalue weighted by molar-refractivity contribution is -0.160. The lowest BCUT2D eigenvalue weighted by Gasteiger charge is -2.41. The fraction of sp³-hybridized carbons (Fsp3) is 0.622. The van der Waals surface area contributed by atoms with Crippen molar-refractivity contribution in [1.29, 1.82) is 0 Å². The van der Waals surface area contributed by atoms with E-state index in [4.69, 9.17) is 9.47 Å². The fourth-order valence-electron chi connectivity index (χ4n) is 7.72. The van der Waals surface area contributed by atoms with Gasteiger partial charge in [0.2, 0.25) is 11.8 Å². The monoisotopic (exact) mass is 744 g/mol. The van der Waals surface area contributed by atoms with Crippen molar-refractivity contribution in [3.8, 4) is 0 Å². The number of hydrogen-bond acceptors (Lipinski definition) is 8. The summed E-state index contributed by atoms with van der Waals surface area (Å²) in [4.78, 5) is 60.7. The summed E-state index contributed by atoms with van der Waals surface area (Å²) in [6.45, 7) is 18.9. The average molecular weight is 746 g/mol. The molecule has 3 amide bonds. The number of nitrogens with one attached hydrogen (secondary N) is 1. The van der Waals surface area contributed by atoms with Crippen LogP contribution in [-0.2, 0) is 28.7 Å². The molecule has 49 heavy (non-hydrogen) atoms. The molecule has 0 radical (unpaired) electrons. The van der Waals surface area contributed by atoms with E-state index in [0.717, 1.165) is 18.8 Å². The number of halogens is 1. The summed E-state index contributed by atoms with van der Waals surface area (Å²) in [6.07, 6.45) is 3.73. The standard InChI is InChI=1S/C37H53BrN4O7/c1-8-13-14-29(44)39-21-24(7)48-36(47)30-31-34(45)42(28(22-43)23(6)10-3)33(37(31)20-27(38)32(30)49-37)35(46)41(19-9-2)26-17-15-25(16-18-26)40(11-4)12-5/h8-9,15-18,23-24,27-28,30-33,43H,1-2,10-14,19-22H2,3-7H3,(H,39,44)/t23-,24-,27?,28-,30-,31+,32-,33-,37+/m0/s1. The highest BCUT2D eigenvalue weighted by atomic mass is 79.9. The number of carbonyl (C=O) groups excluding carboxylic acids is 4. The van der Waals surface area contributed by atoms with Crippen LogP contribution in [0.3, 0.4) is 0 Å². The second kappa shape index (κ2) is 16.7. The number of aliphatic hydroxyl groups is 1. The van der Waals surface area contributed by atoms with E-state index >= 15 is 0 Å². The Balaban J connectivity index is 1.71. The van der Waals surface area contributed by atoms with Crippen molar-refractivity contribution in [2.45, 2.75) is 95.0 Å². The maximum absolute atomic E-state index is 15.0. The molecule has 9 atom stereocenters. The van der Waals surface area contributed by atoms with Gasteiger partial charge in [0.05, 0.1) is 37.1 Å². The van der Waals surface area contributed by atoms with Crippen LogP contribution in [-0.4, -0.2) is 101 Å². The first-order chi connectivity index (χ1) is 23.4. The third kappa shape index (κ3) is 7.46. The molecule has 1 spiro atoms. The van der Waals surface area contributed by atoms with Crippen molar-refractivity contribution in [3.63, 3.8) is 0 Å². The molecular formula is C37H53BrN4O7. The van der Waals surface area contributed by atoms with Gasteiger partial charge in [-0.05, 0) is 63.8 Å². The van der Waals surface area contributed by atoms with Crippen molar-refractivity contribution in [3.05, 3.63) is 49.6 Å². The molecule has 3 heterocycles. The van der Waals surface area contributed by atoms with Crippen LogP contribution in [0.5, 0.6) is 0 Å². The Labute approximate surface area is 299 Å². The molecule has 2 N–H and O–H groups in total. The van der Waals surface area contributed by atoms with E-state index in [0.29, 0.717) is 24.9 Å². The van der Waals surface area contributed by atoms with Crippen molar-refractivity contribution in [2.24, 2.45) is 17.8 Å². The van der Waals surface area contributed by atoms with Crippen molar-refractivity contribution < 1.29 is 33.8 Å². The Bertz CT molecular complexity index is 1370. The second-order valence-electron chi connectivity index (χ2n) is 13.3. The molecule has 0 saturated carbocycles. The van der Waals surface area contributed by atoms with Crippen LogP contribution in [0, 0.1) is 17.8 Å². The molecule has 3 aliphatic rings. The lowest BCUT2D eigenvalue weighted by Crippen LogP contribution is -2.60. The van der Waals surface area contributed by atoms with Gasteiger partial charge in [0.1, 0.15) is 17.7 Å². The van der Waals surface area contributed by atoms with Crippen molar-refractivity contribution >= 4 is 51.0 Å². The van der Waals surface area contributed by atoms with E-state index in [9.17, 15) is 24.3 Å². The summed E-state index contributed by atoms with van der Waals surface area (Å²) in [5.41, 5.74) is 0.334. The molecule has 1 aromatic carbocycles. The van der Waals surface area contributed by atoms with E-state index in [1.54, 1.807) is 24.0 Å². The van der Waals surface area contributed by atoms with Gasteiger partial charge >= 0.3 is 5.97 Å². The van der Waals surface area contributed by atoms with Gasteiger partial charge in [-0.3, -0.25) is 19.2 Å². The van der Waals surface area contributed by atoms with E-state index < -0.39 is 53.6 Å². The number of anilines is 2. The van der Waals surface area contributed by atoms with Crippen LogP contribution < -0.4 is 15.1 Å². The first-order valence-corrected chi connectivity index (χ1v) is 18.5. The Morgan fingerprint density at radius 3 is 2.37 bits per heavy atom. The SMILES string of the molecule is C=CCCC(=O)NC[C@H](C)OC(=O)[C@@H]1[C@H]2O[C@@]3(CC2Br)[C@H](C(=O)N(CC=C)c2ccc(N(CC)CC)cc2)N([C@@H](CO)[C@@H](C)CC)C(=O)[C@@H]13. The first-order valence-electron chi connectivity index (χ1n) is 17.5. The number of ether oxygens (including phenoxy) is 2. The third-order valence-corrected chi connectivity index (χ3v) is 11.3. The highest BCUT2D eigenvalue weighted by molar-refractivity contribution is 9.09. The van der Waals surface area contributed by atoms with Gasteiger partial charge in [0.15, 0.2) is 0 Å². The fourth-order valence-corrected chi connectivity index (χ4v) is 8.66. The van der Waals surface area contributed by atoms with Gasteiger partial charge in [-0.2, -0.15) is 0 Å². The smallest absolute Gasteiger partial charge is 0.312 e. The van der Waals surface area contributed by atoms with E-state index in [1.165, 1.54) is 4.90 Å². The molecule has 12 heteroatoms. The van der Waals surface area contributed by atoms with Gasteiger partial charge in [0.25, 0.3) is 5.91 Å². The van der Waals surface area contributed by atoms with Crippen LogP contribution in [0.1, 0.15) is 60.3 Å². The Morgan fingerprint density at radius 2 is 1.80 bits per heavy atom. The molecule has 1 aromatic rings. The highest BCUT2D eigenvalue weighted by Gasteiger charge is 2.77. The predicted octanol–water partition coefficient (Wildman–Crippen LogP) is 4.22. The number of nitrogens with zero attached hydrogens (tertiary/aromatic N) is 3. The number of benzene rings is 1. The summed E-state index contributed by atoms with van der Waals surface area (Å²) >= 11 is 3.71. The Morgan fingerprint density at radius 1 is 1.14 bits per heavy atom. The van der Waals surface area contributed by atoms with Crippen LogP contribution in [0.2, 0.25) is 0 Å². The predicted molar refractivity (Wildman–Crippen MR) is 193 cm³/mol. The van der Waals surface area contributed by atoms with Crippen LogP contribution in [0.15, 0.2) is 49.6 Å². The number of likely N-dealkylation sites (tertiary alicyclic amines) is 1. The molecule has 270 valence electrons. The zero-order valence-electron chi connectivity index (χ0n) is 29.5. The number of aliphatic hydroxyl groups excluding tert-OH is 1. The van der Waals surface area contributed by atoms with Gasteiger partial charge in [-0.1, -0.05) is 48.4 Å². The molecule has 11 nitrogen and oxygen atoms in total. The van der Waals surface area contributed by atoms with Crippen molar-refractivity contribution in [2.75, 3.05) is 42.6 Å². The largest absolute Gasteiger partial charge is 0.460 e. The number of rotatable bonds is 18. The summed E-state index contributed by atoms with van der Waals surface area (Å²) in [5.74, 6) is -3.68. The van der Waals surface area contributed by atoms with Gasteiger partial charge in [-0.15, -0.1) is 13.2 Å². The summed E-state index contributed by atoms with van der Waals surface area (Å²) < 4.78 is 12.5. The quantitative estimate of drug-likeness (QED) is 0.130. The minimum absolute atomic E-state index is 0.110. The first kappa shape index (κ1) is 38.6. The number of fused-ring (bicyclic) bond motifs is 1. The van der Waals surface area contributed by atoms with Crippen LogP contribution >= 0.6 is 15.9 Å². The van der Waals surface area contributed by atoms with E-state index in [-0.39, 0.29) is 48.7 Å². The molecular weight excluding hydrogens is 692 g/mol. The van der Waals surface area contributed by atoms with Gasteiger partial charge in [-0.25, -0.2) is 0 Å². The highest BCUT2D eigenvalue weighted by Crippen LogP contribution is 2.61. The summed E-state index contributed by atoms with van der Waals surface area (Å²) in [6, 6.07) is 5.94. The van der Waals surface area contributed by atoms with Gasteiger partial charge < -0.3 is 34.6 Å². The number of amides is 3. The second-order valence-corrected chi connectivity index (χ2v) is 14.5. The lowest BCUT2D eigenvalue weighted by atomic mass is 9.70. The maximum atomic E-state index is 15.0. The van der Waals surface area contributed by atoms with Crippen molar-refractivity contribution in [1.82, 2.24) is 10.2 Å². The number of alkyl halides is 1. The van der Waals surface area contributed by atoms with Gasteiger partial charge in [0, 0.05) is 42.3 Å². The molecule has 3 saturated heterocycles. The van der Waals surface area contributed by atoms with Crippen LogP contribution in [0.4, 0.5) is 11.4 Å². The van der Waals surface area contributed by atoms with E-state index in [1.807, 2.05) is 38.1 Å². The zero-order chi connectivity index (χ0) is 36.0. The number of allylic oxidation sites excluding steroid dienone is 1. The number of esters is 1. The topological polar surface area (TPSA) is 129 Å². The zero-order valence-corrected chi connectivity index (χ0v) is 31.1. The maximum Gasteiger partial charge on any atom is 0.312 e. The summed E-state index contributed by atoms with van der Waals surface area (Å²) in [5, 5.41) is 13.5. The molecule has 3 fully saturated rings. The molecule has 4 rings (SSSR count). The molecule has 1 unspecified atom stereocenters. The summed E-state index contributed by atoms with van der Waals surface area (Å²) in [7, 11) is 0. The van der Waals surface area contributed by atoms with Crippen LogP contribution in [0.25, 0.3) is 0 Å². The average Bonchev–Trinajstić information content (AvgIpc) is 3.69. The Hall–Kier alpha value is -3.22. The number of hydrogen-bond donors (Lipinski definition) is 2. The molecule has 2 bridgehead atoms. The number of carbonyl (C=O) groups is 4. The molecule has 3 aliphatic heterocycles. The molecule has 0 aliphatic carbocycles. The molecule has 0 aromatic heterocycles. The minimum atomic E-state index is -1.33. The minimum Gasteiger partial charge on any atom is -0.460 e. The Kier molecular flexibility index (Phi) is 13.1. The van der Waals surface area contributed by atoms with E-state index in [2.05, 4.69) is 53.2 Å². The normalized spacial score (nSPS) is 27.2. The third-order valence-electron chi connectivity index (χ3n) is 10.4.